The van der Waals surface area contributed by atoms with Gasteiger partial charge < -0.3 is 10.1 Å². The number of halogens is 1. The van der Waals surface area contributed by atoms with E-state index < -0.39 is 11.7 Å². The Labute approximate surface area is 145 Å². The van der Waals surface area contributed by atoms with Crippen LogP contribution < -0.4 is 10.1 Å². The lowest BCUT2D eigenvalue weighted by Crippen LogP contribution is -2.14. The Hall–Kier alpha value is -3.15. The van der Waals surface area contributed by atoms with Crippen LogP contribution in [0.3, 0.4) is 0 Å². The van der Waals surface area contributed by atoms with Crippen molar-refractivity contribution in [2.24, 2.45) is 0 Å². The zero-order valence-electron chi connectivity index (χ0n) is 14.2. The maximum Gasteiger partial charge on any atom is 0.259 e. The second kappa shape index (κ2) is 6.76. The molecule has 128 valence electrons. The summed E-state index contributed by atoms with van der Waals surface area (Å²) in [5.74, 6) is -0.640. The van der Waals surface area contributed by atoms with Crippen LogP contribution in [0, 0.1) is 19.7 Å². The third kappa shape index (κ3) is 3.24. The fourth-order valence-corrected chi connectivity index (χ4v) is 2.68. The topological polar surface area (TPSA) is 56.1 Å². The van der Waals surface area contributed by atoms with Gasteiger partial charge in [-0.2, -0.15) is 5.10 Å². The van der Waals surface area contributed by atoms with Crippen LogP contribution in [0.2, 0.25) is 0 Å². The van der Waals surface area contributed by atoms with Crippen LogP contribution in [-0.4, -0.2) is 22.8 Å². The molecule has 1 amide bonds. The van der Waals surface area contributed by atoms with Gasteiger partial charge in [0.05, 0.1) is 35.4 Å². The molecule has 0 aliphatic heterocycles. The molecule has 0 bridgehead atoms. The minimum atomic E-state index is -0.501. The molecule has 1 aromatic heterocycles. The van der Waals surface area contributed by atoms with Crippen molar-refractivity contribution in [2.75, 3.05) is 12.4 Å². The number of ether oxygens (including phenoxy) is 1. The van der Waals surface area contributed by atoms with Crippen LogP contribution in [0.25, 0.3) is 5.69 Å². The molecule has 0 saturated heterocycles. The van der Waals surface area contributed by atoms with E-state index in [0.29, 0.717) is 17.1 Å². The number of nitrogens with zero attached hydrogens (tertiary/aromatic N) is 2. The van der Waals surface area contributed by atoms with Gasteiger partial charge in [-0.25, -0.2) is 9.07 Å². The lowest BCUT2D eigenvalue weighted by Gasteiger charge is -2.10. The molecule has 6 heteroatoms. The predicted octanol–water partition coefficient (Wildman–Crippen LogP) is 3.89. The predicted molar refractivity (Wildman–Crippen MR) is 93.9 cm³/mol. The Morgan fingerprint density at radius 2 is 1.88 bits per heavy atom. The summed E-state index contributed by atoms with van der Waals surface area (Å²) in [6, 6.07) is 13.5. The summed E-state index contributed by atoms with van der Waals surface area (Å²) in [4.78, 5) is 12.6. The van der Waals surface area contributed by atoms with E-state index in [1.54, 1.807) is 4.68 Å². The molecular formula is C19H18FN3O2. The highest BCUT2D eigenvalue weighted by Crippen LogP contribution is 2.25. The van der Waals surface area contributed by atoms with E-state index in [4.69, 9.17) is 4.74 Å². The summed E-state index contributed by atoms with van der Waals surface area (Å²) in [6.07, 6.45) is 0. The first kappa shape index (κ1) is 16.7. The minimum Gasteiger partial charge on any atom is -0.496 e. The van der Waals surface area contributed by atoms with Gasteiger partial charge in [0.25, 0.3) is 5.91 Å². The molecule has 0 saturated carbocycles. The smallest absolute Gasteiger partial charge is 0.259 e. The Kier molecular flexibility index (Phi) is 4.52. The van der Waals surface area contributed by atoms with Crippen molar-refractivity contribution in [3.05, 3.63) is 71.3 Å². The van der Waals surface area contributed by atoms with Gasteiger partial charge in [0.2, 0.25) is 0 Å². The molecule has 0 radical (unpaired) electrons. The fourth-order valence-electron chi connectivity index (χ4n) is 2.68. The van der Waals surface area contributed by atoms with Gasteiger partial charge in [-0.05, 0) is 44.2 Å². The summed E-state index contributed by atoms with van der Waals surface area (Å²) in [6.45, 7) is 3.68. The Bertz CT molecular complexity index is 920. The number of rotatable bonds is 4. The summed E-state index contributed by atoms with van der Waals surface area (Å²) in [5, 5.41) is 7.30. The molecule has 3 rings (SSSR count). The maximum absolute atomic E-state index is 13.5. The monoisotopic (exact) mass is 339 g/mol. The van der Waals surface area contributed by atoms with E-state index >= 15 is 0 Å². The third-order valence-electron chi connectivity index (χ3n) is 3.94. The zero-order valence-corrected chi connectivity index (χ0v) is 14.2. The number of amides is 1. The number of nitrogens with one attached hydrogen (secondary N) is 1. The molecule has 5 nitrogen and oxygen atoms in total. The largest absolute Gasteiger partial charge is 0.496 e. The van der Waals surface area contributed by atoms with Crippen molar-refractivity contribution in [3.8, 4) is 11.4 Å². The summed E-state index contributed by atoms with van der Waals surface area (Å²) >= 11 is 0. The lowest BCUT2D eigenvalue weighted by molar-refractivity contribution is 0.102. The second-order valence-corrected chi connectivity index (χ2v) is 5.59. The number of carbonyl (C=O) groups is 1. The Balaban J connectivity index is 1.95. The number of aromatic nitrogens is 2. The van der Waals surface area contributed by atoms with Gasteiger partial charge in [-0.1, -0.05) is 18.2 Å². The molecule has 0 fully saturated rings. The van der Waals surface area contributed by atoms with Crippen molar-refractivity contribution in [2.45, 2.75) is 13.8 Å². The van der Waals surface area contributed by atoms with Gasteiger partial charge in [0.15, 0.2) is 0 Å². The van der Waals surface area contributed by atoms with E-state index in [1.807, 2.05) is 44.2 Å². The molecule has 3 aromatic rings. The molecule has 0 unspecified atom stereocenters. The van der Waals surface area contributed by atoms with E-state index in [0.717, 1.165) is 17.4 Å². The van der Waals surface area contributed by atoms with Gasteiger partial charge in [-0.15, -0.1) is 0 Å². The van der Waals surface area contributed by atoms with Gasteiger partial charge in [-0.3, -0.25) is 4.79 Å². The number of anilines is 1. The Morgan fingerprint density at radius 1 is 1.16 bits per heavy atom. The van der Waals surface area contributed by atoms with E-state index in [2.05, 4.69) is 10.4 Å². The summed E-state index contributed by atoms with van der Waals surface area (Å²) in [5.41, 5.74) is 3.08. The maximum atomic E-state index is 13.5. The van der Waals surface area contributed by atoms with Crippen molar-refractivity contribution in [1.29, 1.82) is 0 Å². The first-order valence-electron chi connectivity index (χ1n) is 7.78. The highest BCUT2D eigenvalue weighted by molar-refractivity contribution is 6.06. The van der Waals surface area contributed by atoms with E-state index in [1.165, 1.54) is 19.2 Å². The zero-order chi connectivity index (χ0) is 18.0. The number of para-hydroxylation sites is 1. The average Bonchev–Trinajstić information content (AvgIpc) is 2.90. The molecule has 1 heterocycles. The molecule has 2 aromatic carbocycles. The van der Waals surface area contributed by atoms with Crippen molar-refractivity contribution in [3.63, 3.8) is 0 Å². The number of methoxy groups -OCH3 is 1. The Morgan fingerprint density at radius 3 is 2.56 bits per heavy atom. The SMILES string of the molecule is COc1ccc(F)cc1C(=O)Nc1c(C)nn(-c2ccccc2)c1C. The molecule has 0 atom stereocenters. The number of hydrogen-bond donors (Lipinski definition) is 1. The molecule has 0 aliphatic rings. The number of carbonyl (C=O) groups excluding carboxylic acids is 1. The second-order valence-electron chi connectivity index (χ2n) is 5.59. The highest BCUT2D eigenvalue weighted by Gasteiger charge is 2.19. The molecule has 0 spiro atoms. The van der Waals surface area contributed by atoms with Crippen LogP contribution in [0.15, 0.2) is 48.5 Å². The third-order valence-corrected chi connectivity index (χ3v) is 3.94. The van der Waals surface area contributed by atoms with Crippen LogP contribution in [0.5, 0.6) is 5.75 Å². The summed E-state index contributed by atoms with van der Waals surface area (Å²) < 4.78 is 20.4. The van der Waals surface area contributed by atoms with Crippen LogP contribution >= 0.6 is 0 Å². The first-order valence-corrected chi connectivity index (χ1v) is 7.78. The van der Waals surface area contributed by atoms with Crippen LogP contribution in [0.1, 0.15) is 21.7 Å². The standard InChI is InChI=1S/C19H18FN3O2/c1-12-18(13(2)23(22-12)15-7-5-4-6-8-15)21-19(24)16-11-14(20)9-10-17(16)25-3/h4-11H,1-3H3,(H,21,24). The highest BCUT2D eigenvalue weighted by atomic mass is 19.1. The minimum absolute atomic E-state index is 0.133. The van der Waals surface area contributed by atoms with Gasteiger partial charge in [0, 0.05) is 0 Å². The van der Waals surface area contributed by atoms with Crippen LogP contribution in [-0.2, 0) is 0 Å². The number of benzene rings is 2. The summed E-state index contributed by atoms with van der Waals surface area (Å²) in [7, 11) is 1.44. The van der Waals surface area contributed by atoms with Crippen LogP contribution in [0.4, 0.5) is 10.1 Å². The number of aryl methyl sites for hydroxylation is 1. The molecule has 0 aliphatic carbocycles. The van der Waals surface area contributed by atoms with Crippen molar-refractivity contribution >= 4 is 11.6 Å². The lowest BCUT2D eigenvalue weighted by atomic mass is 10.1. The van der Waals surface area contributed by atoms with Gasteiger partial charge in [0.1, 0.15) is 11.6 Å². The van der Waals surface area contributed by atoms with Crippen molar-refractivity contribution in [1.82, 2.24) is 9.78 Å². The molecule has 25 heavy (non-hydrogen) atoms. The van der Waals surface area contributed by atoms with Crippen molar-refractivity contribution < 1.29 is 13.9 Å². The van der Waals surface area contributed by atoms with E-state index in [9.17, 15) is 9.18 Å². The molecule has 1 N–H and O–H groups in total. The quantitative estimate of drug-likeness (QED) is 0.784. The fraction of sp³-hybridized carbons (Fsp3) is 0.158. The average molecular weight is 339 g/mol. The van der Waals surface area contributed by atoms with E-state index in [-0.39, 0.29) is 5.56 Å². The molecular weight excluding hydrogens is 321 g/mol. The van der Waals surface area contributed by atoms with Gasteiger partial charge >= 0.3 is 0 Å². The number of hydrogen-bond acceptors (Lipinski definition) is 3. The normalized spacial score (nSPS) is 10.6. The first-order chi connectivity index (χ1) is 12.0.